The first-order valence-corrected chi connectivity index (χ1v) is 6.61. The number of anilines is 1. The molecule has 1 fully saturated rings. The smallest absolute Gasteiger partial charge is 0.146 e. The second kappa shape index (κ2) is 4.57. The minimum Gasteiger partial charge on any atom is -0.491 e. The summed E-state index contributed by atoms with van der Waals surface area (Å²) in [7, 11) is 0. The molecule has 1 unspecified atom stereocenters. The first kappa shape index (κ1) is 10.9. The van der Waals surface area contributed by atoms with Gasteiger partial charge in [-0.2, -0.15) is 0 Å². The summed E-state index contributed by atoms with van der Waals surface area (Å²) in [6.45, 7) is 3.24. The van der Waals surface area contributed by atoms with Crippen molar-refractivity contribution in [3.05, 3.63) is 23.8 Å². The van der Waals surface area contributed by atoms with Crippen LogP contribution >= 0.6 is 0 Å². The molecule has 3 heteroatoms. The molecule has 2 N–H and O–H groups in total. The van der Waals surface area contributed by atoms with Gasteiger partial charge in [0, 0.05) is 18.0 Å². The lowest BCUT2D eigenvalue weighted by atomic mass is 9.96. The first-order valence-electron chi connectivity index (χ1n) is 6.61. The summed E-state index contributed by atoms with van der Waals surface area (Å²) in [6.07, 6.45) is 5.13. The molecule has 3 nitrogen and oxygen atoms in total. The fraction of sp³-hybridized carbons (Fsp3) is 0.571. The van der Waals surface area contributed by atoms with E-state index in [1.807, 2.05) is 12.1 Å². The molecule has 0 bridgehead atoms. The van der Waals surface area contributed by atoms with Crippen LogP contribution in [0.25, 0.3) is 0 Å². The number of hydrogen-bond acceptors (Lipinski definition) is 3. The van der Waals surface area contributed by atoms with E-state index >= 15 is 0 Å². The fourth-order valence-electron chi connectivity index (χ4n) is 3.04. The maximum Gasteiger partial charge on any atom is 0.146 e. The Labute approximate surface area is 103 Å². The van der Waals surface area contributed by atoms with Crippen LogP contribution in [0.1, 0.15) is 37.3 Å². The van der Waals surface area contributed by atoms with E-state index in [4.69, 9.17) is 10.5 Å². The lowest BCUT2D eigenvalue weighted by Crippen LogP contribution is -2.36. The lowest BCUT2D eigenvalue weighted by Gasteiger charge is -2.38. The maximum absolute atomic E-state index is 5.99. The molecule has 3 rings (SSSR count). The third-order valence-corrected chi connectivity index (χ3v) is 3.90. The topological polar surface area (TPSA) is 38.5 Å². The van der Waals surface area contributed by atoms with Crippen molar-refractivity contribution in [2.24, 2.45) is 0 Å². The number of benzene rings is 1. The molecule has 1 saturated heterocycles. The molecule has 0 aromatic heterocycles. The van der Waals surface area contributed by atoms with E-state index in [2.05, 4.69) is 11.0 Å². The van der Waals surface area contributed by atoms with Crippen molar-refractivity contribution in [3.63, 3.8) is 0 Å². The van der Waals surface area contributed by atoms with Crippen LogP contribution in [0.2, 0.25) is 0 Å². The van der Waals surface area contributed by atoms with Crippen LogP contribution in [-0.2, 0) is 0 Å². The maximum atomic E-state index is 5.99. The molecule has 0 saturated carbocycles. The van der Waals surface area contributed by atoms with Gasteiger partial charge in [0.2, 0.25) is 0 Å². The van der Waals surface area contributed by atoms with Gasteiger partial charge in [-0.3, -0.25) is 4.90 Å². The predicted octanol–water partition coefficient (Wildman–Crippen LogP) is 2.58. The summed E-state index contributed by atoms with van der Waals surface area (Å²) < 4.78 is 5.72. The highest BCUT2D eigenvalue weighted by Gasteiger charge is 2.28. The van der Waals surface area contributed by atoms with Crippen molar-refractivity contribution in [2.45, 2.75) is 31.7 Å². The van der Waals surface area contributed by atoms with Crippen LogP contribution in [0.4, 0.5) is 5.69 Å². The molecule has 0 spiro atoms. The van der Waals surface area contributed by atoms with E-state index in [1.54, 1.807) is 0 Å². The van der Waals surface area contributed by atoms with Crippen molar-refractivity contribution in [2.75, 3.05) is 25.4 Å². The van der Waals surface area contributed by atoms with Gasteiger partial charge in [-0.1, -0.05) is 18.6 Å². The third-order valence-electron chi connectivity index (χ3n) is 3.90. The number of hydrogen-bond donors (Lipinski definition) is 1. The van der Waals surface area contributed by atoms with Gasteiger partial charge in [-0.25, -0.2) is 0 Å². The molecule has 0 amide bonds. The zero-order valence-corrected chi connectivity index (χ0v) is 10.2. The number of ether oxygens (including phenoxy) is 1. The zero-order valence-electron chi connectivity index (χ0n) is 10.2. The van der Waals surface area contributed by atoms with Crippen molar-refractivity contribution < 1.29 is 4.74 Å². The number of fused-ring (bicyclic) bond motifs is 1. The Balaban J connectivity index is 1.90. The number of likely N-dealkylation sites (tertiary alicyclic amines) is 1. The van der Waals surface area contributed by atoms with Crippen LogP contribution < -0.4 is 10.5 Å². The molecular weight excluding hydrogens is 212 g/mol. The molecule has 1 aromatic carbocycles. The molecule has 1 atom stereocenters. The number of nitrogens with zero attached hydrogens (tertiary/aromatic N) is 1. The zero-order chi connectivity index (χ0) is 11.7. The highest BCUT2D eigenvalue weighted by Crippen LogP contribution is 2.40. The number of nitrogen functional groups attached to an aromatic ring is 1. The van der Waals surface area contributed by atoms with Gasteiger partial charge >= 0.3 is 0 Å². The summed E-state index contributed by atoms with van der Waals surface area (Å²) in [5.74, 6) is 0.925. The molecule has 2 aliphatic rings. The largest absolute Gasteiger partial charge is 0.491 e. The highest BCUT2D eigenvalue weighted by atomic mass is 16.5. The van der Waals surface area contributed by atoms with E-state index in [0.29, 0.717) is 6.04 Å². The summed E-state index contributed by atoms with van der Waals surface area (Å²) in [5.41, 5.74) is 8.06. The summed E-state index contributed by atoms with van der Waals surface area (Å²) in [6, 6.07) is 6.66. The summed E-state index contributed by atoms with van der Waals surface area (Å²) in [5, 5.41) is 0. The minimum absolute atomic E-state index is 0.516. The number of rotatable bonds is 1. The lowest BCUT2D eigenvalue weighted by molar-refractivity contribution is 0.120. The van der Waals surface area contributed by atoms with Crippen LogP contribution in [0.3, 0.4) is 0 Å². The monoisotopic (exact) mass is 232 g/mol. The molecular formula is C14H20N2O. The fourth-order valence-corrected chi connectivity index (χ4v) is 3.04. The van der Waals surface area contributed by atoms with Crippen LogP contribution in [0.5, 0.6) is 5.75 Å². The van der Waals surface area contributed by atoms with Gasteiger partial charge in [-0.15, -0.1) is 0 Å². The van der Waals surface area contributed by atoms with E-state index in [1.165, 1.54) is 37.9 Å². The highest BCUT2D eigenvalue weighted by molar-refractivity contribution is 5.58. The van der Waals surface area contributed by atoms with Crippen LogP contribution in [0, 0.1) is 0 Å². The SMILES string of the molecule is Nc1cccc2c1OCCC2N1CCCCC1. The normalized spacial score (nSPS) is 25.1. The Morgan fingerprint density at radius 3 is 2.82 bits per heavy atom. The van der Waals surface area contributed by atoms with Gasteiger partial charge < -0.3 is 10.5 Å². The molecule has 0 aliphatic carbocycles. The molecule has 1 aromatic rings. The molecule has 2 aliphatic heterocycles. The Kier molecular flexibility index (Phi) is 2.93. The van der Waals surface area contributed by atoms with Crippen LogP contribution in [-0.4, -0.2) is 24.6 Å². The Hall–Kier alpha value is -1.22. The van der Waals surface area contributed by atoms with E-state index in [-0.39, 0.29) is 0 Å². The molecule has 0 radical (unpaired) electrons. The van der Waals surface area contributed by atoms with Crippen molar-refractivity contribution in [1.29, 1.82) is 0 Å². The standard InChI is InChI=1S/C14H20N2O/c15-12-6-4-5-11-13(7-10-17-14(11)12)16-8-2-1-3-9-16/h4-6,13H,1-3,7-10,15H2. The second-order valence-electron chi connectivity index (χ2n) is 5.02. The van der Waals surface area contributed by atoms with Crippen molar-refractivity contribution in [1.82, 2.24) is 4.90 Å². The summed E-state index contributed by atoms with van der Waals surface area (Å²) in [4.78, 5) is 2.60. The van der Waals surface area contributed by atoms with Gasteiger partial charge in [0.25, 0.3) is 0 Å². The van der Waals surface area contributed by atoms with Crippen molar-refractivity contribution >= 4 is 5.69 Å². The van der Waals surface area contributed by atoms with Crippen LogP contribution in [0.15, 0.2) is 18.2 Å². The number of nitrogens with two attached hydrogens (primary N) is 1. The van der Waals surface area contributed by atoms with Crippen molar-refractivity contribution in [3.8, 4) is 5.75 Å². The van der Waals surface area contributed by atoms with E-state index in [0.717, 1.165) is 24.5 Å². The van der Waals surface area contributed by atoms with Gasteiger partial charge in [0.05, 0.1) is 12.3 Å². The van der Waals surface area contributed by atoms with E-state index < -0.39 is 0 Å². The number of piperidine rings is 1. The van der Waals surface area contributed by atoms with E-state index in [9.17, 15) is 0 Å². The first-order chi connectivity index (χ1) is 8.36. The minimum atomic E-state index is 0.516. The quantitative estimate of drug-likeness (QED) is 0.756. The van der Waals surface area contributed by atoms with Gasteiger partial charge in [-0.05, 0) is 32.0 Å². The number of para-hydroxylation sites is 1. The average molecular weight is 232 g/mol. The Morgan fingerprint density at radius 1 is 1.18 bits per heavy atom. The van der Waals surface area contributed by atoms with Gasteiger partial charge in [0.15, 0.2) is 0 Å². The Bertz CT molecular complexity index is 399. The Morgan fingerprint density at radius 2 is 2.00 bits per heavy atom. The predicted molar refractivity (Wildman–Crippen MR) is 69.1 cm³/mol. The van der Waals surface area contributed by atoms with Gasteiger partial charge in [0.1, 0.15) is 5.75 Å². The summed E-state index contributed by atoms with van der Waals surface area (Å²) >= 11 is 0. The molecule has 2 heterocycles. The second-order valence-corrected chi connectivity index (χ2v) is 5.02. The average Bonchev–Trinajstić information content (AvgIpc) is 2.40. The molecule has 17 heavy (non-hydrogen) atoms. The molecule has 92 valence electrons. The third kappa shape index (κ3) is 2.00.